The summed E-state index contributed by atoms with van der Waals surface area (Å²) in [6, 6.07) is 12.8. The number of anilines is 2. The highest BCUT2D eigenvalue weighted by atomic mass is 16.5. The van der Waals surface area contributed by atoms with Crippen LogP contribution in [0.3, 0.4) is 0 Å². The Kier molecular flexibility index (Phi) is 7.78. The lowest BCUT2D eigenvalue weighted by molar-refractivity contribution is 0.0977. The molecule has 9 heteroatoms. The summed E-state index contributed by atoms with van der Waals surface area (Å²) in [5.74, 6) is 1.26. The number of aliphatic imine (C=N–C) groups is 1. The van der Waals surface area contributed by atoms with Gasteiger partial charge >= 0.3 is 0 Å². The van der Waals surface area contributed by atoms with Crippen molar-refractivity contribution in [3.05, 3.63) is 65.0 Å². The van der Waals surface area contributed by atoms with Crippen molar-refractivity contribution in [1.82, 2.24) is 15.1 Å². The molecule has 0 saturated heterocycles. The molecule has 3 rings (SSSR count). The van der Waals surface area contributed by atoms with Gasteiger partial charge in [0.15, 0.2) is 0 Å². The quantitative estimate of drug-likeness (QED) is 0.411. The number of carbonyl (C=O) groups is 1. The molecule has 0 aliphatic rings. The summed E-state index contributed by atoms with van der Waals surface area (Å²) in [5, 5.41) is 10.6. The van der Waals surface area contributed by atoms with Gasteiger partial charge in [0, 0.05) is 67.5 Å². The van der Waals surface area contributed by atoms with Gasteiger partial charge in [-0.25, -0.2) is 4.99 Å². The predicted molar refractivity (Wildman–Crippen MR) is 135 cm³/mol. The fourth-order valence-corrected chi connectivity index (χ4v) is 3.44. The minimum Gasteiger partial charge on any atom is -0.497 e. The van der Waals surface area contributed by atoms with Crippen molar-refractivity contribution in [3.63, 3.8) is 0 Å². The van der Waals surface area contributed by atoms with E-state index in [1.165, 1.54) is 0 Å². The van der Waals surface area contributed by atoms with Gasteiger partial charge in [-0.05, 0) is 32.0 Å². The van der Waals surface area contributed by atoms with Crippen molar-refractivity contribution in [2.45, 2.75) is 20.4 Å². The topological polar surface area (TPSA) is 93.0 Å². The van der Waals surface area contributed by atoms with E-state index in [-0.39, 0.29) is 5.91 Å². The van der Waals surface area contributed by atoms with Crippen LogP contribution in [0.1, 0.15) is 27.3 Å². The molecule has 0 aliphatic heterocycles. The first-order chi connectivity index (χ1) is 16.2. The number of hydrogen-bond donors (Lipinski definition) is 2. The first-order valence-electron chi connectivity index (χ1n) is 10.8. The summed E-state index contributed by atoms with van der Waals surface area (Å²) in [7, 11) is 8.93. The van der Waals surface area contributed by atoms with Crippen LogP contribution in [-0.2, 0) is 13.6 Å². The summed E-state index contributed by atoms with van der Waals surface area (Å²) in [6.07, 6.45) is 0. The molecule has 2 N–H and O–H groups in total. The van der Waals surface area contributed by atoms with Crippen LogP contribution in [0.15, 0.2) is 47.5 Å². The molecule has 9 nitrogen and oxygen atoms in total. The predicted octanol–water partition coefficient (Wildman–Crippen LogP) is 3.52. The van der Waals surface area contributed by atoms with E-state index in [9.17, 15) is 4.79 Å². The Morgan fingerprint density at radius 1 is 1.09 bits per heavy atom. The number of aryl methyl sites for hydroxylation is 2. The molecule has 0 bridgehead atoms. The average Bonchev–Trinajstić information content (AvgIpc) is 3.07. The Balaban J connectivity index is 1.93. The fraction of sp³-hybridized carbons (Fsp3) is 0.320. The second-order valence-corrected chi connectivity index (χ2v) is 8.06. The minimum absolute atomic E-state index is 0.274. The summed E-state index contributed by atoms with van der Waals surface area (Å²) in [5.41, 5.74) is 5.05. The van der Waals surface area contributed by atoms with E-state index in [0.29, 0.717) is 35.3 Å². The molecular weight excluding hydrogens is 432 g/mol. The number of guanidine groups is 1. The summed E-state index contributed by atoms with van der Waals surface area (Å²) in [6.45, 7) is 4.30. The van der Waals surface area contributed by atoms with Crippen LogP contribution < -0.4 is 25.0 Å². The number of nitrogens with zero attached hydrogens (tertiary/aromatic N) is 4. The maximum absolute atomic E-state index is 13.1. The largest absolute Gasteiger partial charge is 0.497 e. The zero-order valence-corrected chi connectivity index (χ0v) is 20.8. The van der Waals surface area contributed by atoms with Gasteiger partial charge in [0.1, 0.15) is 11.5 Å². The molecule has 1 amide bonds. The number of aromatic nitrogens is 2. The highest BCUT2D eigenvalue weighted by Crippen LogP contribution is 2.26. The Labute approximate surface area is 200 Å². The van der Waals surface area contributed by atoms with Crippen molar-refractivity contribution in [1.29, 1.82) is 0 Å². The third-order valence-electron chi connectivity index (χ3n) is 5.53. The van der Waals surface area contributed by atoms with E-state index in [1.54, 1.807) is 38.5 Å². The zero-order chi connectivity index (χ0) is 24.8. The van der Waals surface area contributed by atoms with Crippen LogP contribution in [0.4, 0.5) is 11.4 Å². The molecule has 2 aromatic carbocycles. The van der Waals surface area contributed by atoms with Gasteiger partial charge in [-0.2, -0.15) is 5.10 Å². The van der Waals surface area contributed by atoms with E-state index >= 15 is 0 Å². The van der Waals surface area contributed by atoms with E-state index in [1.807, 2.05) is 62.8 Å². The molecule has 1 aromatic heterocycles. The minimum atomic E-state index is -0.274. The molecule has 180 valence electrons. The van der Waals surface area contributed by atoms with E-state index in [4.69, 9.17) is 9.47 Å². The van der Waals surface area contributed by atoms with Gasteiger partial charge in [0.2, 0.25) is 5.96 Å². The number of amides is 1. The van der Waals surface area contributed by atoms with Gasteiger partial charge in [-0.15, -0.1) is 0 Å². The van der Waals surface area contributed by atoms with Crippen molar-refractivity contribution in [3.8, 4) is 11.5 Å². The summed E-state index contributed by atoms with van der Waals surface area (Å²) in [4.78, 5) is 19.7. The Morgan fingerprint density at radius 3 is 2.32 bits per heavy atom. The first-order valence-corrected chi connectivity index (χ1v) is 10.8. The molecule has 0 saturated carbocycles. The fourth-order valence-electron chi connectivity index (χ4n) is 3.44. The average molecular weight is 465 g/mol. The van der Waals surface area contributed by atoms with E-state index in [2.05, 4.69) is 20.7 Å². The van der Waals surface area contributed by atoms with Gasteiger partial charge in [-0.1, -0.05) is 6.07 Å². The SMILES string of the molecule is COc1cc(NC(=NCc2c(C)nn(C)c2C)NC(=O)c2cccc(N(C)C)c2)cc(OC)c1. The lowest BCUT2D eigenvalue weighted by atomic mass is 10.2. The normalized spacial score (nSPS) is 11.2. The maximum atomic E-state index is 13.1. The van der Waals surface area contributed by atoms with Gasteiger partial charge < -0.3 is 19.7 Å². The zero-order valence-electron chi connectivity index (χ0n) is 20.8. The number of benzene rings is 2. The Hall–Kier alpha value is -4.01. The Morgan fingerprint density at radius 2 is 1.76 bits per heavy atom. The van der Waals surface area contributed by atoms with Crippen molar-refractivity contribution < 1.29 is 14.3 Å². The van der Waals surface area contributed by atoms with Crippen LogP contribution in [0.5, 0.6) is 11.5 Å². The van der Waals surface area contributed by atoms with Crippen LogP contribution in [0.25, 0.3) is 0 Å². The molecule has 1 heterocycles. The van der Waals surface area contributed by atoms with Crippen LogP contribution in [-0.4, -0.2) is 50.0 Å². The number of methoxy groups -OCH3 is 2. The van der Waals surface area contributed by atoms with Crippen molar-refractivity contribution in [2.75, 3.05) is 38.5 Å². The molecule has 0 aliphatic carbocycles. The molecule has 0 fully saturated rings. The van der Waals surface area contributed by atoms with E-state index < -0.39 is 0 Å². The van der Waals surface area contributed by atoms with Crippen molar-refractivity contribution >= 4 is 23.2 Å². The number of nitrogens with one attached hydrogen (secondary N) is 2. The highest BCUT2D eigenvalue weighted by Gasteiger charge is 2.14. The molecule has 0 atom stereocenters. The molecule has 3 aromatic rings. The lowest BCUT2D eigenvalue weighted by Crippen LogP contribution is -2.36. The Bertz CT molecular complexity index is 1180. The number of carbonyl (C=O) groups excluding carboxylic acids is 1. The van der Waals surface area contributed by atoms with E-state index in [0.717, 1.165) is 22.6 Å². The smallest absolute Gasteiger partial charge is 0.258 e. The molecule has 0 spiro atoms. The van der Waals surface area contributed by atoms with Crippen molar-refractivity contribution in [2.24, 2.45) is 12.0 Å². The lowest BCUT2D eigenvalue weighted by Gasteiger charge is -2.16. The summed E-state index contributed by atoms with van der Waals surface area (Å²) >= 11 is 0. The van der Waals surface area contributed by atoms with Gasteiger partial charge in [0.05, 0.1) is 26.5 Å². The molecule has 34 heavy (non-hydrogen) atoms. The molecule has 0 radical (unpaired) electrons. The van der Waals surface area contributed by atoms with Crippen LogP contribution in [0.2, 0.25) is 0 Å². The third-order valence-corrected chi connectivity index (χ3v) is 5.53. The number of hydrogen-bond acceptors (Lipinski definition) is 6. The molecular formula is C25H32N6O3. The summed E-state index contributed by atoms with van der Waals surface area (Å²) < 4.78 is 12.6. The highest BCUT2D eigenvalue weighted by molar-refractivity contribution is 6.10. The number of ether oxygens (including phenoxy) is 2. The van der Waals surface area contributed by atoms with Crippen LogP contribution >= 0.6 is 0 Å². The number of rotatable bonds is 7. The third kappa shape index (κ3) is 5.86. The monoisotopic (exact) mass is 464 g/mol. The first kappa shape index (κ1) is 24.6. The second-order valence-electron chi connectivity index (χ2n) is 8.06. The second kappa shape index (κ2) is 10.7. The van der Waals surface area contributed by atoms with Gasteiger partial charge in [0.25, 0.3) is 5.91 Å². The van der Waals surface area contributed by atoms with Gasteiger partial charge in [-0.3, -0.25) is 14.8 Å². The van der Waals surface area contributed by atoms with Crippen LogP contribution in [0, 0.1) is 13.8 Å². The standard InChI is InChI=1S/C25H32N6O3/c1-16-23(17(2)31(5)29-16)15-26-25(27-19-12-21(33-6)14-22(13-19)34-7)28-24(32)18-9-8-10-20(11-18)30(3)4/h8-14H,15H2,1-7H3,(H2,26,27,28,32). The maximum Gasteiger partial charge on any atom is 0.258 e. The molecule has 0 unspecified atom stereocenters.